The second-order valence-electron chi connectivity index (χ2n) is 7.57. The fourth-order valence-electron chi connectivity index (χ4n) is 4.28. The largest absolute Gasteiger partial charge is 0.335 e. The third-order valence-corrected chi connectivity index (χ3v) is 5.77. The highest BCUT2D eigenvalue weighted by Gasteiger charge is 2.31. The number of rotatable bonds is 2. The van der Waals surface area contributed by atoms with Crippen LogP contribution in [0.1, 0.15) is 67.2 Å². The standard InChI is InChI=1S/C21H26FN3O/c1-15-7-5-6-14-24(15)21(26)20-18-8-3-2-4-9-19(18)25(23-20)17-12-10-16(22)11-13-17/h10-13,15H,2-9,14H2,1H3/t15-/m1/s1. The van der Waals surface area contributed by atoms with Gasteiger partial charge in [-0.2, -0.15) is 5.10 Å². The Balaban J connectivity index is 1.77. The van der Waals surface area contributed by atoms with E-state index in [4.69, 9.17) is 5.10 Å². The van der Waals surface area contributed by atoms with Gasteiger partial charge in [0.2, 0.25) is 0 Å². The van der Waals surface area contributed by atoms with E-state index < -0.39 is 0 Å². The molecule has 1 aliphatic carbocycles. The molecule has 0 unspecified atom stereocenters. The van der Waals surface area contributed by atoms with Crippen molar-refractivity contribution in [3.05, 3.63) is 47.0 Å². The van der Waals surface area contributed by atoms with Gasteiger partial charge in [-0.05, 0) is 76.1 Å². The first-order valence-corrected chi connectivity index (χ1v) is 9.83. The lowest BCUT2D eigenvalue weighted by Gasteiger charge is -2.33. The lowest BCUT2D eigenvalue weighted by Crippen LogP contribution is -2.42. The van der Waals surface area contributed by atoms with Gasteiger partial charge in [-0.15, -0.1) is 0 Å². The van der Waals surface area contributed by atoms with Crippen molar-refractivity contribution >= 4 is 5.91 Å². The van der Waals surface area contributed by atoms with Gasteiger partial charge < -0.3 is 4.90 Å². The molecule has 0 radical (unpaired) electrons. The average Bonchev–Trinajstić information content (AvgIpc) is 2.84. The van der Waals surface area contributed by atoms with Crippen molar-refractivity contribution < 1.29 is 9.18 Å². The molecule has 1 amide bonds. The molecule has 4 rings (SSSR count). The van der Waals surface area contributed by atoms with E-state index in [2.05, 4.69) is 6.92 Å². The molecule has 138 valence electrons. The Morgan fingerprint density at radius 2 is 1.85 bits per heavy atom. The lowest BCUT2D eigenvalue weighted by atomic mass is 10.0. The Hall–Kier alpha value is -2.17. The first-order chi connectivity index (χ1) is 12.6. The summed E-state index contributed by atoms with van der Waals surface area (Å²) >= 11 is 0. The van der Waals surface area contributed by atoms with Crippen molar-refractivity contribution in [1.29, 1.82) is 0 Å². The molecule has 26 heavy (non-hydrogen) atoms. The number of aromatic nitrogens is 2. The maximum absolute atomic E-state index is 13.3. The summed E-state index contributed by atoms with van der Waals surface area (Å²) < 4.78 is 15.2. The lowest BCUT2D eigenvalue weighted by molar-refractivity contribution is 0.0628. The molecule has 1 atom stereocenters. The number of likely N-dealkylation sites (tertiary alicyclic amines) is 1. The second kappa shape index (κ2) is 7.22. The Bertz CT molecular complexity index is 796. The SMILES string of the molecule is C[C@@H]1CCCCN1C(=O)c1nn(-c2ccc(F)cc2)c2c1CCCCC2. The van der Waals surface area contributed by atoms with E-state index in [-0.39, 0.29) is 17.8 Å². The molecule has 0 spiro atoms. The second-order valence-corrected chi connectivity index (χ2v) is 7.57. The zero-order valence-corrected chi connectivity index (χ0v) is 15.4. The van der Waals surface area contributed by atoms with Gasteiger partial charge in [-0.25, -0.2) is 9.07 Å². The molecular formula is C21H26FN3O. The van der Waals surface area contributed by atoms with Crippen LogP contribution in [0.2, 0.25) is 0 Å². The monoisotopic (exact) mass is 355 g/mol. The van der Waals surface area contributed by atoms with Crippen LogP contribution in [-0.4, -0.2) is 33.2 Å². The molecule has 2 aliphatic rings. The highest BCUT2D eigenvalue weighted by molar-refractivity contribution is 5.94. The number of piperidine rings is 1. The molecular weight excluding hydrogens is 329 g/mol. The van der Waals surface area contributed by atoms with Crippen LogP contribution in [0.25, 0.3) is 5.69 Å². The van der Waals surface area contributed by atoms with Crippen LogP contribution in [0.3, 0.4) is 0 Å². The highest BCUT2D eigenvalue weighted by Crippen LogP contribution is 2.28. The van der Waals surface area contributed by atoms with Crippen LogP contribution < -0.4 is 0 Å². The summed E-state index contributed by atoms with van der Waals surface area (Å²) in [7, 11) is 0. The smallest absolute Gasteiger partial charge is 0.274 e. The molecule has 5 heteroatoms. The van der Waals surface area contributed by atoms with Gasteiger partial charge in [-0.1, -0.05) is 6.42 Å². The summed E-state index contributed by atoms with van der Waals surface area (Å²) in [6, 6.07) is 6.66. The molecule has 0 bridgehead atoms. The number of amides is 1. The van der Waals surface area contributed by atoms with Gasteiger partial charge in [-0.3, -0.25) is 4.79 Å². The van der Waals surface area contributed by atoms with E-state index in [0.29, 0.717) is 5.69 Å². The van der Waals surface area contributed by atoms with Gasteiger partial charge in [0.1, 0.15) is 5.82 Å². The summed E-state index contributed by atoms with van der Waals surface area (Å²) in [4.78, 5) is 15.3. The Labute approximate surface area is 154 Å². The van der Waals surface area contributed by atoms with E-state index in [0.717, 1.165) is 62.0 Å². The normalized spacial score (nSPS) is 20.5. The third kappa shape index (κ3) is 3.15. The quantitative estimate of drug-likeness (QED) is 0.754. The minimum atomic E-state index is -0.259. The van der Waals surface area contributed by atoms with Crippen LogP contribution in [0.5, 0.6) is 0 Å². The van der Waals surface area contributed by atoms with Gasteiger partial charge in [0.25, 0.3) is 5.91 Å². The zero-order valence-electron chi connectivity index (χ0n) is 15.4. The summed E-state index contributed by atoms with van der Waals surface area (Å²) in [6.07, 6.45) is 8.51. The van der Waals surface area contributed by atoms with Gasteiger partial charge in [0.05, 0.1) is 5.69 Å². The number of nitrogens with zero attached hydrogens (tertiary/aromatic N) is 3. The van der Waals surface area contributed by atoms with E-state index in [1.807, 2.05) is 9.58 Å². The van der Waals surface area contributed by atoms with Gasteiger partial charge in [0, 0.05) is 23.8 Å². The van der Waals surface area contributed by atoms with Crippen LogP contribution >= 0.6 is 0 Å². The number of benzene rings is 1. The molecule has 0 N–H and O–H groups in total. The van der Waals surface area contributed by atoms with Crippen molar-refractivity contribution in [2.45, 2.75) is 64.3 Å². The number of halogens is 1. The topological polar surface area (TPSA) is 38.1 Å². The Morgan fingerprint density at radius 3 is 2.62 bits per heavy atom. The number of carbonyl (C=O) groups is 1. The molecule has 0 saturated carbocycles. The first kappa shape index (κ1) is 17.3. The number of carbonyl (C=O) groups excluding carboxylic acids is 1. The minimum Gasteiger partial charge on any atom is -0.335 e. The molecule has 2 heterocycles. The van der Waals surface area contributed by atoms with Gasteiger partial charge >= 0.3 is 0 Å². The van der Waals surface area contributed by atoms with E-state index >= 15 is 0 Å². The fourth-order valence-corrected chi connectivity index (χ4v) is 4.28. The number of hydrogen-bond donors (Lipinski definition) is 0. The van der Waals surface area contributed by atoms with Gasteiger partial charge in [0.15, 0.2) is 5.69 Å². The van der Waals surface area contributed by atoms with Crippen molar-refractivity contribution in [3.8, 4) is 5.69 Å². The summed E-state index contributed by atoms with van der Waals surface area (Å²) in [6.45, 7) is 2.95. The van der Waals surface area contributed by atoms with Crippen molar-refractivity contribution in [2.24, 2.45) is 0 Å². The summed E-state index contributed by atoms with van der Waals surface area (Å²) in [5, 5.41) is 4.75. The maximum Gasteiger partial charge on any atom is 0.274 e. The predicted molar refractivity (Wildman–Crippen MR) is 99.1 cm³/mol. The van der Waals surface area contributed by atoms with Crippen LogP contribution in [-0.2, 0) is 12.8 Å². The maximum atomic E-state index is 13.3. The number of fused-ring (bicyclic) bond motifs is 1. The van der Waals surface area contributed by atoms with Crippen molar-refractivity contribution in [3.63, 3.8) is 0 Å². The number of hydrogen-bond acceptors (Lipinski definition) is 2. The third-order valence-electron chi connectivity index (χ3n) is 5.77. The van der Waals surface area contributed by atoms with E-state index in [1.54, 1.807) is 12.1 Å². The minimum absolute atomic E-state index is 0.0659. The molecule has 4 nitrogen and oxygen atoms in total. The predicted octanol–water partition coefficient (Wildman–Crippen LogP) is 4.29. The Morgan fingerprint density at radius 1 is 1.08 bits per heavy atom. The van der Waals surface area contributed by atoms with E-state index in [1.165, 1.54) is 25.0 Å². The summed E-state index contributed by atoms with van der Waals surface area (Å²) in [5.41, 5.74) is 3.67. The Kier molecular flexibility index (Phi) is 4.79. The fraction of sp³-hybridized carbons (Fsp3) is 0.524. The van der Waals surface area contributed by atoms with E-state index in [9.17, 15) is 9.18 Å². The van der Waals surface area contributed by atoms with Crippen molar-refractivity contribution in [2.75, 3.05) is 6.54 Å². The molecule has 1 aliphatic heterocycles. The first-order valence-electron chi connectivity index (χ1n) is 9.83. The van der Waals surface area contributed by atoms with Crippen LogP contribution in [0.4, 0.5) is 4.39 Å². The molecule has 1 aromatic carbocycles. The molecule has 1 aromatic heterocycles. The summed E-state index contributed by atoms with van der Waals surface area (Å²) in [5.74, 6) is -0.193. The zero-order chi connectivity index (χ0) is 18.1. The van der Waals surface area contributed by atoms with Crippen LogP contribution in [0, 0.1) is 5.82 Å². The van der Waals surface area contributed by atoms with Crippen LogP contribution in [0.15, 0.2) is 24.3 Å². The average molecular weight is 355 g/mol. The molecule has 1 saturated heterocycles. The molecule has 2 aromatic rings. The van der Waals surface area contributed by atoms with Crippen molar-refractivity contribution in [1.82, 2.24) is 14.7 Å². The highest BCUT2D eigenvalue weighted by atomic mass is 19.1. The molecule has 1 fully saturated rings.